The van der Waals surface area contributed by atoms with Gasteiger partial charge in [-0.2, -0.15) is 0 Å². The van der Waals surface area contributed by atoms with E-state index < -0.39 is 5.60 Å². The van der Waals surface area contributed by atoms with E-state index in [1.54, 1.807) is 0 Å². The van der Waals surface area contributed by atoms with Crippen LogP contribution in [-0.4, -0.2) is 24.1 Å². The van der Waals surface area contributed by atoms with Gasteiger partial charge in [-0.3, -0.25) is 9.59 Å². The van der Waals surface area contributed by atoms with E-state index in [4.69, 9.17) is 14.2 Å². The molecule has 1 unspecified atom stereocenters. The second kappa shape index (κ2) is 9.00. The molecule has 1 aliphatic rings. The van der Waals surface area contributed by atoms with E-state index in [-0.39, 0.29) is 11.9 Å². The predicted molar refractivity (Wildman–Crippen MR) is 120 cm³/mol. The first-order valence-electron chi connectivity index (χ1n) is 10.7. The van der Waals surface area contributed by atoms with Crippen LogP contribution in [0.3, 0.4) is 0 Å². The summed E-state index contributed by atoms with van der Waals surface area (Å²) >= 11 is 0. The van der Waals surface area contributed by atoms with Crippen molar-refractivity contribution < 1.29 is 23.8 Å². The maximum Gasteiger partial charge on any atom is 0.308 e. The number of ether oxygens (including phenoxy) is 3. The number of hydrogen-bond donors (Lipinski definition) is 1. The zero-order valence-electron chi connectivity index (χ0n) is 19.2. The standard InChI is InChI=1S/C25H31NO5/c1-7-22(28)26-19-8-10-20(11-9-19)29-14-25(6)13-12-21-17(4)23(30-18(5)27)15(2)16(3)24(21)31-25/h8-11H,7,12-14H2,1-6H3,(H,26,28). The Hall–Kier alpha value is -3.02. The molecular formula is C25H31NO5. The molecule has 2 aromatic carbocycles. The lowest BCUT2D eigenvalue weighted by molar-refractivity contribution is -0.132. The third-order valence-electron chi connectivity index (χ3n) is 5.81. The predicted octanol–water partition coefficient (Wildman–Crippen LogP) is 5.05. The Morgan fingerprint density at radius 3 is 2.39 bits per heavy atom. The minimum Gasteiger partial charge on any atom is -0.489 e. The van der Waals surface area contributed by atoms with Crippen molar-refractivity contribution in [3.05, 3.63) is 46.5 Å². The topological polar surface area (TPSA) is 73.9 Å². The average molecular weight is 426 g/mol. The summed E-state index contributed by atoms with van der Waals surface area (Å²) in [6.45, 7) is 11.6. The lowest BCUT2D eigenvalue weighted by Crippen LogP contribution is -2.42. The molecule has 0 saturated carbocycles. The van der Waals surface area contributed by atoms with Crippen molar-refractivity contribution in [3.8, 4) is 17.2 Å². The fourth-order valence-electron chi connectivity index (χ4n) is 3.80. The van der Waals surface area contributed by atoms with Gasteiger partial charge in [0.2, 0.25) is 5.91 Å². The lowest BCUT2D eigenvalue weighted by Gasteiger charge is -2.37. The molecule has 1 amide bonds. The van der Waals surface area contributed by atoms with Gasteiger partial charge in [-0.1, -0.05) is 6.92 Å². The molecule has 1 N–H and O–H groups in total. The largest absolute Gasteiger partial charge is 0.489 e. The van der Waals surface area contributed by atoms with Crippen molar-refractivity contribution in [3.63, 3.8) is 0 Å². The highest BCUT2D eigenvalue weighted by Gasteiger charge is 2.35. The van der Waals surface area contributed by atoms with E-state index in [1.165, 1.54) is 6.92 Å². The first-order valence-corrected chi connectivity index (χ1v) is 10.7. The van der Waals surface area contributed by atoms with Crippen LogP contribution >= 0.6 is 0 Å². The van der Waals surface area contributed by atoms with Crippen LogP contribution in [0, 0.1) is 20.8 Å². The van der Waals surface area contributed by atoms with Gasteiger partial charge in [-0.05, 0) is 81.5 Å². The molecule has 0 aliphatic carbocycles. The summed E-state index contributed by atoms with van der Waals surface area (Å²) < 4.78 is 18.0. The molecule has 0 bridgehead atoms. The van der Waals surface area contributed by atoms with Crippen molar-refractivity contribution >= 4 is 17.6 Å². The van der Waals surface area contributed by atoms with Crippen molar-refractivity contribution in [2.45, 2.75) is 66.4 Å². The number of anilines is 1. The van der Waals surface area contributed by atoms with Crippen LogP contribution in [0.2, 0.25) is 0 Å². The molecule has 31 heavy (non-hydrogen) atoms. The minimum atomic E-state index is -0.477. The Labute approximate surface area is 183 Å². The van der Waals surface area contributed by atoms with Crippen LogP contribution in [0.4, 0.5) is 5.69 Å². The molecule has 6 nitrogen and oxygen atoms in total. The Morgan fingerprint density at radius 1 is 1.10 bits per heavy atom. The van der Waals surface area contributed by atoms with E-state index in [9.17, 15) is 9.59 Å². The second-order valence-electron chi connectivity index (χ2n) is 8.37. The van der Waals surface area contributed by atoms with Gasteiger partial charge in [-0.25, -0.2) is 0 Å². The Balaban J connectivity index is 1.73. The van der Waals surface area contributed by atoms with Crippen LogP contribution in [-0.2, 0) is 16.0 Å². The number of carbonyl (C=O) groups is 2. The molecule has 6 heteroatoms. The average Bonchev–Trinajstić information content (AvgIpc) is 2.74. The molecule has 0 radical (unpaired) electrons. The monoisotopic (exact) mass is 425 g/mol. The molecule has 1 heterocycles. The summed E-state index contributed by atoms with van der Waals surface area (Å²) in [5.41, 5.74) is 4.22. The molecular weight excluding hydrogens is 394 g/mol. The molecule has 0 fully saturated rings. The van der Waals surface area contributed by atoms with E-state index in [0.717, 1.165) is 52.3 Å². The first-order chi connectivity index (χ1) is 14.6. The Bertz CT molecular complexity index is 996. The second-order valence-corrected chi connectivity index (χ2v) is 8.37. The van der Waals surface area contributed by atoms with Crippen LogP contribution in [0.15, 0.2) is 24.3 Å². The third kappa shape index (κ3) is 5.01. The van der Waals surface area contributed by atoms with Crippen molar-refractivity contribution in [1.82, 2.24) is 0 Å². The molecule has 1 atom stereocenters. The number of carbonyl (C=O) groups excluding carboxylic acids is 2. The summed E-state index contributed by atoms with van der Waals surface area (Å²) in [6, 6.07) is 7.35. The molecule has 2 aromatic rings. The molecule has 166 valence electrons. The van der Waals surface area contributed by atoms with Gasteiger partial charge in [-0.15, -0.1) is 0 Å². The number of hydrogen-bond acceptors (Lipinski definition) is 5. The fraction of sp³-hybridized carbons (Fsp3) is 0.440. The number of benzene rings is 2. The van der Waals surface area contributed by atoms with Gasteiger partial charge in [0.15, 0.2) is 0 Å². The molecule has 3 rings (SSSR count). The van der Waals surface area contributed by atoms with Crippen molar-refractivity contribution in [1.29, 1.82) is 0 Å². The Morgan fingerprint density at radius 2 is 1.77 bits per heavy atom. The third-order valence-corrected chi connectivity index (χ3v) is 5.81. The molecule has 0 saturated heterocycles. The number of amides is 1. The van der Waals surface area contributed by atoms with Crippen molar-refractivity contribution in [2.75, 3.05) is 11.9 Å². The number of fused-ring (bicyclic) bond motifs is 1. The highest BCUT2D eigenvalue weighted by Crippen LogP contribution is 2.44. The number of esters is 1. The minimum absolute atomic E-state index is 0.0201. The maximum absolute atomic E-state index is 11.5. The van der Waals surface area contributed by atoms with Crippen LogP contribution < -0.4 is 19.5 Å². The summed E-state index contributed by atoms with van der Waals surface area (Å²) in [7, 11) is 0. The summed E-state index contributed by atoms with van der Waals surface area (Å²) in [5, 5.41) is 2.83. The van der Waals surface area contributed by atoms with Crippen LogP contribution in [0.1, 0.15) is 55.9 Å². The van der Waals surface area contributed by atoms with Crippen LogP contribution in [0.25, 0.3) is 0 Å². The van der Waals surface area contributed by atoms with E-state index in [2.05, 4.69) is 12.2 Å². The number of nitrogens with one attached hydrogen (secondary N) is 1. The van der Waals surface area contributed by atoms with Crippen molar-refractivity contribution in [2.24, 2.45) is 0 Å². The normalized spacial score (nSPS) is 17.4. The van der Waals surface area contributed by atoms with Gasteiger partial charge >= 0.3 is 5.97 Å². The van der Waals surface area contributed by atoms with Gasteiger partial charge < -0.3 is 19.5 Å². The summed E-state index contributed by atoms with van der Waals surface area (Å²) in [6.07, 6.45) is 2.04. The highest BCUT2D eigenvalue weighted by atomic mass is 16.5. The number of rotatable bonds is 6. The fourth-order valence-corrected chi connectivity index (χ4v) is 3.80. The van der Waals surface area contributed by atoms with Gasteiger partial charge in [0.05, 0.1) is 0 Å². The van der Waals surface area contributed by atoms with Crippen LogP contribution in [0.5, 0.6) is 17.2 Å². The van der Waals surface area contributed by atoms with E-state index in [1.807, 2.05) is 52.0 Å². The quantitative estimate of drug-likeness (QED) is 0.518. The SMILES string of the molecule is CCC(=O)Nc1ccc(OCC2(C)CCc3c(C)c(OC(C)=O)c(C)c(C)c3O2)cc1. The molecule has 1 aliphatic heterocycles. The van der Waals surface area contributed by atoms with E-state index >= 15 is 0 Å². The smallest absolute Gasteiger partial charge is 0.308 e. The van der Waals surface area contributed by atoms with Gasteiger partial charge in [0, 0.05) is 24.6 Å². The van der Waals surface area contributed by atoms with E-state index in [0.29, 0.717) is 18.8 Å². The van der Waals surface area contributed by atoms with Gasteiger partial charge in [0.1, 0.15) is 29.5 Å². The zero-order chi connectivity index (χ0) is 22.8. The molecule has 0 spiro atoms. The summed E-state index contributed by atoms with van der Waals surface area (Å²) in [4.78, 5) is 23.0. The molecule has 0 aromatic heterocycles. The summed E-state index contributed by atoms with van der Waals surface area (Å²) in [5.74, 6) is 1.89. The zero-order valence-corrected chi connectivity index (χ0v) is 19.2. The maximum atomic E-state index is 11.5. The van der Waals surface area contributed by atoms with Gasteiger partial charge in [0.25, 0.3) is 0 Å². The first kappa shape index (κ1) is 22.7. The Kier molecular flexibility index (Phi) is 6.58. The highest BCUT2D eigenvalue weighted by molar-refractivity contribution is 5.90. The lowest BCUT2D eigenvalue weighted by atomic mass is 9.87.